The molecule has 134 valence electrons. The molecule has 0 saturated carbocycles. The summed E-state index contributed by atoms with van der Waals surface area (Å²) in [7, 11) is -3.60. The van der Waals surface area contributed by atoms with Crippen LogP contribution < -0.4 is 10.1 Å². The van der Waals surface area contributed by atoms with Crippen molar-refractivity contribution < 1.29 is 17.9 Å². The van der Waals surface area contributed by atoms with Gasteiger partial charge in [-0.1, -0.05) is 0 Å². The Morgan fingerprint density at radius 2 is 2.12 bits per heavy atom. The lowest BCUT2D eigenvalue weighted by Crippen LogP contribution is -2.45. The number of carbonyl (C=O) groups excluding carboxylic acids is 1. The maximum atomic E-state index is 12.9. The summed E-state index contributed by atoms with van der Waals surface area (Å²) in [5.41, 5.74) is 0.787. The Morgan fingerprint density at radius 3 is 2.75 bits per heavy atom. The molecule has 0 bridgehead atoms. The second-order valence-electron chi connectivity index (χ2n) is 5.96. The van der Waals surface area contributed by atoms with Gasteiger partial charge in [-0.2, -0.15) is 4.31 Å². The fraction of sp³-hybridized carbons (Fsp3) is 0.588. The van der Waals surface area contributed by atoms with Crippen LogP contribution in [-0.2, 0) is 14.8 Å². The van der Waals surface area contributed by atoms with E-state index in [2.05, 4.69) is 5.32 Å². The first kappa shape index (κ1) is 18.7. The van der Waals surface area contributed by atoms with Gasteiger partial charge in [0.2, 0.25) is 15.9 Å². The molecule has 1 amide bonds. The summed E-state index contributed by atoms with van der Waals surface area (Å²) in [6.07, 6.45) is 1.41. The Hall–Kier alpha value is -1.60. The van der Waals surface area contributed by atoms with Crippen molar-refractivity contribution >= 4 is 15.9 Å². The molecule has 1 fully saturated rings. The van der Waals surface area contributed by atoms with Gasteiger partial charge in [0.05, 0.1) is 17.4 Å². The van der Waals surface area contributed by atoms with Crippen LogP contribution in [0.15, 0.2) is 23.1 Å². The van der Waals surface area contributed by atoms with Crippen LogP contribution in [0.1, 0.15) is 32.3 Å². The number of rotatable bonds is 6. The second-order valence-corrected chi connectivity index (χ2v) is 7.90. The van der Waals surface area contributed by atoms with Gasteiger partial charge in [0.1, 0.15) is 5.75 Å². The van der Waals surface area contributed by atoms with E-state index in [1.807, 2.05) is 20.8 Å². The molecule has 7 heteroatoms. The van der Waals surface area contributed by atoms with Crippen LogP contribution >= 0.6 is 0 Å². The van der Waals surface area contributed by atoms with E-state index in [1.165, 1.54) is 4.31 Å². The summed E-state index contributed by atoms with van der Waals surface area (Å²) in [6.45, 7) is 7.35. The number of nitrogens with one attached hydrogen (secondary N) is 1. The number of amides is 1. The molecule has 2 rings (SSSR count). The van der Waals surface area contributed by atoms with E-state index in [0.717, 1.165) is 12.0 Å². The van der Waals surface area contributed by atoms with Crippen molar-refractivity contribution in [3.05, 3.63) is 23.8 Å². The quantitative estimate of drug-likeness (QED) is 0.847. The van der Waals surface area contributed by atoms with Crippen molar-refractivity contribution in [1.29, 1.82) is 0 Å². The van der Waals surface area contributed by atoms with Gasteiger partial charge in [-0.15, -0.1) is 0 Å². The molecule has 1 aliphatic heterocycles. The lowest BCUT2D eigenvalue weighted by atomic mass is 9.99. The summed E-state index contributed by atoms with van der Waals surface area (Å²) in [4.78, 5) is 12.3. The van der Waals surface area contributed by atoms with Gasteiger partial charge in [0.15, 0.2) is 0 Å². The Balaban J connectivity index is 2.20. The van der Waals surface area contributed by atoms with Crippen LogP contribution in [0.5, 0.6) is 5.75 Å². The molecule has 1 aliphatic rings. The minimum atomic E-state index is -3.60. The SMILES string of the molecule is CCNC(=O)[C@H]1CCCN(S(=O)(=O)c2ccc(OCC)c(C)c2)C1. The van der Waals surface area contributed by atoms with Gasteiger partial charge < -0.3 is 10.1 Å². The molecule has 24 heavy (non-hydrogen) atoms. The van der Waals surface area contributed by atoms with E-state index >= 15 is 0 Å². The van der Waals surface area contributed by atoms with Crippen LogP contribution in [0.4, 0.5) is 0 Å². The third-order valence-electron chi connectivity index (χ3n) is 4.19. The smallest absolute Gasteiger partial charge is 0.243 e. The third kappa shape index (κ3) is 4.08. The summed E-state index contributed by atoms with van der Waals surface area (Å²) < 4.78 is 32.7. The van der Waals surface area contributed by atoms with Crippen LogP contribution in [0.3, 0.4) is 0 Å². The molecule has 1 saturated heterocycles. The molecular formula is C17H26N2O4S. The summed E-state index contributed by atoms with van der Waals surface area (Å²) >= 11 is 0. The highest BCUT2D eigenvalue weighted by atomic mass is 32.2. The average Bonchev–Trinajstić information content (AvgIpc) is 2.57. The van der Waals surface area contributed by atoms with Crippen molar-refractivity contribution in [3.8, 4) is 5.75 Å². The maximum absolute atomic E-state index is 12.9. The molecule has 1 aromatic carbocycles. The molecule has 6 nitrogen and oxygen atoms in total. The first-order valence-electron chi connectivity index (χ1n) is 8.41. The standard InChI is InChI=1S/C17H26N2O4S/c1-4-18-17(20)14-7-6-10-19(12-14)24(21,22)15-8-9-16(23-5-2)13(3)11-15/h8-9,11,14H,4-7,10,12H2,1-3H3,(H,18,20)/t14-/m0/s1. The minimum Gasteiger partial charge on any atom is -0.494 e. The third-order valence-corrected chi connectivity index (χ3v) is 6.05. The van der Waals surface area contributed by atoms with Crippen molar-refractivity contribution in [2.75, 3.05) is 26.2 Å². The highest BCUT2D eigenvalue weighted by Crippen LogP contribution is 2.27. The largest absolute Gasteiger partial charge is 0.494 e. The van der Waals surface area contributed by atoms with Crippen molar-refractivity contribution in [3.63, 3.8) is 0 Å². The number of hydrogen-bond acceptors (Lipinski definition) is 4. The van der Waals surface area contributed by atoms with Gasteiger partial charge >= 0.3 is 0 Å². The lowest BCUT2D eigenvalue weighted by Gasteiger charge is -2.31. The zero-order valence-corrected chi connectivity index (χ0v) is 15.4. The van der Waals surface area contributed by atoms with Gasteiger partial charge in [-0.3, -0.25) is 4.79 Å². The van der Waals surface area contributed by atoms with Gasteiger partial charge in [0, 0.05) is 19.6 Å². The molecule has 0 radical (unpaired) electrons. The average molecular weight is 354 g/mol. The molecule has 1 atom stereocenters. The van der Waals surface area contributed by atoms with Crippen molar-refractivity contribution in [2.45, 2.75) is 38.5 Å². The summed E-state index contributed by atoms with van der Waals surface area (Å²) in [6, 6.07) is 4.90. The normalized spacial score (nSPS) is 19.0. The Bertz CT molecular complexity index is 688. The number of sulfonamides is 1. The molecule has 0 unspecified atom stereocenters. The summed E-state index contributed by atoms with van der Waals surface area (Å²) in [5.74, 6) is 0.341. The number of benzene rings is 1. The number of piperidine rings is 1. The van der Waals surface area contributed by atoms with Crippen molar-refractivity contribution in [2.24, 2.45) is 5.92 Å². The molecule has 0 aromatic heterocycles. The van der Waals surface area contributed by atoms with E-state index in [1.54, 1.807) is 18.2 Å². The monoisotopic (exact) mass is 354 g/mol. The van der Waals surface area contributed by atoms with E-state index in [4.69, 9.17) is 4.74 Å². The first-order valence-corrected chi connectivity index (χ1v) is 9.85. The zero-order chi connectivity index (χ0) is 17.7. The lowest BCUT2D eigenvalue weighted by molar-refractivity contribution is -0.125. The Labute approximate surface area is 144 Å². The van der Waals surface area contributed by atoms with E-state index in [9.17, 15) is 13.2 Å². The molecule has 0 spiro atoms. The van der Waals surface area contributed by atoms with E-state index in [0.29, 0.717) is 31.9 Å². The predicted octanol–water partition coefficient (Wildman–Crippen LogP) is 1.93. The van der Waals surface area contributed by atoms with Crippen LogP contribution in [0.25, 0.3) is 0 Å². The zero-order valence-electron chi connectivity index (χ0n) is 14.5. The first-order chi connectivity index (χ1) is 11.4. The number of carbonyl (C=O) groups is 1. The van der Waals surface area contributed by atoms with E-state index in [-0.39, 0.29) is 23.3 Å². The van der Waals surface area contributed by atoms with Gasteiger partial charge in [0.25, 0.3) is 0 Å². The Morgan fingerprint density at radius 1 is 1.38 bits per heavy atom. The minimum absolute atomic E-state index is 0.0692. The fourth-order valence-corrected chi connectivity index (χ4v) is 4.55. The number of ether oxygens (including phenoxy) is 1. The highest BCUT2D eigenvalue weighted by molar-refractivity contribution is 7.89. The molecule has 1 heterocycles. The number of aryl methyl sites for hydroxylation is 1. The molecule has 1 aromatic rings. The highest BCUT2D eigenvalue weighted by Gasteiger charge is 2.33. The van der Waals surface area contributed by atoms with Crippen LogP contribution in [-0.4, -0.2) is 44.9 Å². The van der Waals surface area contributed by atoms with Crippen LogP contribution in [0.2, 0.25) is 0 Å². The fourth-order valence-electron chi connectivity index (χ4n) is 2.94. The molecular weight excluding hydrogens is 328 g/mol. The second kappa shape index (κ2) is 7.98. The summed E-state index contributed by atoms with van der Waals surface area (Å²) in [5, 5.41) is 2.78. The molecule has 1 N–H and O–H groups in total. The van der Waals surface area contributed by atoms with E-state index < -0.39 is 10.0 Å². The van der Waals surface area contributed by atoms with Gasteiger partial charge in [-0.05, 0) is 57.4 Å². The molecule has 0 aliphatic carbocycles. The van der Waals surface area contributed by atoms with Gasteiger partial charge in [-0.25, -0.2) is 8.42 Å². The Kier molecular flexibility index (Phi) is 6.23. The topological polar surface area (TPSA) is 75.7 Å². The van der Waals surface area contributed by atoms with Crippen molar-refractivity contribution in [1.82, 2.24) is 9.62 Å². The number of nitrogens with zero attached hydrogens (tertiary/aromatic N) is 1. The maximum Gasteiger partial charge on any atom is 0.243 e. The number of hydrogen-bond donors (Lipinski definition) is 1. The van der Waals surface area contributed by atoms with Crippen LogP contribution in [0, 0.1) is 12.8 Å². The predicted molar refractivity (Wildman–Crippen MR) is 92.5 cm³/mol.